The molecule has 0 aliphatic heterocycles. The second kappa shape index (κ2) is 16.4. The molecule has 220 valence electrons. The zero-order chi connectivity index (χ0) is 29.4. The Morgan fingerprint density at radius 1 is 0.444 bits per heavy atom. The van der Waals surface area contributed by atoms with Gasteiger partial charge in [-0.3, -0.25) is 0 Å². The molecular weight excluding hydrogens is 667 g/mol. The van der Waals surface area contributed by atoms with Gasteiger partial charge < -0.3 is 24.8 Å². The Kier molecular flexibility index (Phi) is 12.4. The first kappa shape index (κ1) is 34.0. The molecule has 8 aromatic carbocycles. The Morgan fingerprint density at radius 3 is 1.40 bits per heavy atom. The maximum atomic E-state index is 2.26. The average Bonchev–Trinajstić information content (AvgIpc) is 3.66. The maximum absolute atomic E-state index is 2.26. The summed E-state index contributed by atoms with van der Waals surface area (Å²) in [5, 5.41) is 8.08. The minimum absolute atomic E-state index is 0. The molecule has 8 aromatic rings. The van der Waals surface area contributed by atoms with Crippen LogP contribution < -0.4 is 24.8 Å². The first-order valence-electron chi connectivity index (χ1n) is 14.6. The Balaban J connectivity index is 0.000000151. The molecule has 0 aromatic heterocycles. The van der Waals surface area contributed by atoms with Crippen LogP contribution in [0.4, 0.5) is 0 Å². The molecule has 0 atom stereocenters. The van der Waals surface area contributed by atoms with E-state index in [9.17, 15) is 0 Å². The van der Waals surface area contributed by atoms with Crippen LogP contribution in [0.15, 0.2) is 176 Å². The molecule has 45 heavy (non-hydrogen) atoms. The van der Waals surface area contributed by atoms with Crippen LogP contribution in [0, 0.1) is 6.92 Å². The van der Waals surface area contributed by atoms with Gasteiger partial charge in [0.2, 0.25) is 0 Å². The van der Waals surface area contributed by atoms with Gasteiger partial charge in [0.05, 0.1) is 0 Å². The van der Waals surface area contributed by atoms with E-state index in [0.29, 0.717) is 0 Å². The molecule has 0 saturated carbocycles. The number of halogens is 2. The molecule has 0 spiro atoms. The smallest absolute Gasteiger partial charge is 0.0771 e. The van der Waals surface area contributed by atoms with Crippen molar-refractivity contribution in [1.29, 1.82) is 0 Å². The van der Waals surface area contributed by atoms with E-state index in [1.807, 2.05) is 0 Å². The van der Waals surface area contributed by atoms with Gasteiger partial charge in [-0.25, -0.2) is 0 Å². The average molecular weight is 699 g/mol. The van der Waals surface area contributed by atoms with Gasteiger partial charge in [-0.2, -0.15) is 6.07 Å². The fourth-order valence-electron chi connectivity index (χ4n) is 5.53. The summed E-state index contributed by atoms with van der Waals surface area (Å²) in [4.78, 5) is 0. The number of benzene rings is 6. The third kappa shape index (κ3) is 8.24. The second-order valence-electron chi connectivity index (χ2n) is 10.6. The van der Waals surface area contributed by atoms with Crippen LogP contribution in [0.25, 0.3) is 43.4 Å². The molecule has 0 bridgehead atoms. The van der Waals surface area contributed by atoms with E-state index in [-0.39, 0.29) is 24.8 Å². The summed E-state index contributed by atoms with van der Waals surface area (Å²) in [5.74, 6) is 0. The SMILES string of the molecule is Cc1cc2c(-c3ccccc3)cccc2[cH-]1.[Cl-].[Cl-].[Zr+2]=[C](c1ccccc1)c1ccccc1.c1ccc2c(c1)[cH-]c1ccccc12. The van der Waals surface area contributed by atoms with E-state index >= 15 is 0 Å². The van der Waals surface area contributed by atoms with E-state index in [0.717, 1.165) is 0 Å². The van der Waals surface area contributed by atoms with Crippen molar-refractivity contribution in [2.45, 2.75) is 6.92 Å². The Hall–Kier alpha value is -3.87. The van der Waals surface area contributed by atoms with Gasteiger partial charge >= 0.3 is 99.2 Å². The number of rotatable bonds is 3. The molecule has 3 heteroatoms. The van der Waals surface area contributed by atoms with E-state index in [2.05, 4.69) is 183 Å². The van der Waals surface area contributed by atoms with Crippen molar-refractivity contribution in [3.63, 3.8) is 0 Å². The largest absolute Gasteiger partial charge is 0.126 e. The topological polar surface area (TPSA) is 0 Å². The Labute approximate surface area is 293 Å². The fourth-order valence-corrected chi connectivity index (χ4v) is 6.35. The van der Waals surface area contributed by atoms with Gasteiger partial charge in [0, 0.05) is 0 Å². The van der Waals surface area contributed by atoms with Gasteiger partial charge in [-0.05, 0) is 5.56 Å². The van der Waals surface area contributed by atoms with Crippen LogP contribution in [0.3, 0.4) is 0 Å². The third-order valence-electron chi connectivity index (χ3n) is 7.63. The number of hydrogen-bond acceptors (Lipinski definition) is 0. The third-order valence-corrected chi connectivity index (χ3v) is 9.05. The summed E-state index contributed by atoms with van der Waals surface area (Å²) in [6, 6.07) is 61.9. The normalized spacial score (nSPS) is 10.1. The zero-order valence-electron chi connectivity index (χ0n) is 25.0. The number of aryl methyl sites for hydroxylation is 1. The first-order chi connectivity index (χ1) is 21.2. The van der Waals surface area contributed by atoms with Crippen LogP contribution >= 0.6 is 0 Å². The standard InChI is InChI=1S/C16H13.C13H9.C13H10.2ClH.Zr/c1-12-10-14-8-5-9-15(16(14)11-12)13-6-3-2-4-7-13;1-3-7-12-10(5-1)9-11-6-2-4-8-13(11)12;1-3-7-12(8-4-1)11-13-9-5-2-6-10-13;;;/h2-11H,1H3;1-9H;1-10H;2*1H;/q2*-1;;;;+2/p-2. The van der Waals surface area contributed by atoms with E-state index < -0.39 is 0 Å². The molecule has 0 radical (unpaired) electrons. The van der Waals surface area contributed by atoms with Crippen molar-refractivity contribution >= 4 is 35.5 Å². The van der Waals surface area contributed by atoms with Crippen molar-refractivity contribution in [3.8, 4) is 11.1 Å². The van der Waals surface area contributed by atoms with Crippen LogP contribution in [0.5, 0.6) is 0 Å². The first-order valence-corrected chi connectivity index (χ1v) is 15.8. The van der Waals surface area contributed by atoms with Crippen molar-refractivity contribution in [2.24, 2.45) is 0 Å². The zero-order valence-corrected chi connectivity index (χ0v) is 29.0. The molecule has 0 aliphatic carbocycles. The van der Waals surface area contributed by atoms with Crippen LogP contribution in [-0.4, -0.2) is 3.21 Å². The Morgan fingerprint density at radius 2 is 0.867 bits per heavy atom. The minimum Gasteiger partial charge on any atom is -0.126 e. The van der Waals surface area contributed by atoms with Crippen LogP contribution in [0.2, 0.25) is 0 Å². The summed E-state index contributed by atoms with van der Waals surface area (Å²) in [6.07, 6.45) is 0. The van der Waals surface area contributed by atoms with Gasteiger partial charge in [0.1, 0.15) is 0 Å². The summed E-state index contributed by atoms with van der Waals surface area (Å²) >= 11 is 1.46. The quantitative estimate of drug-likeness (QED) is 0.227. The van der Waals surface area contributed by atoms with E-state index in [1.165, 1.54) is 87.6 Å². The summed E-state index contributed by atoms with van der Waals surface area (Å²) in [6.45, 7) is 2.15. The van der Waals surface area contributed by atoms with Crippen molar-refractivity contribution in [3.05, 3.63) is 193 Å². The number of hydrogen-bond donors (Lipinski definition) is 0. The molecule has 0 N–H and O–H groups in total. The van der Waals surface area contributed by atoms with Crippen LogP contribution in [0.1, 0.15) is 16.7 Å². The van der Waals surface area contributed by atoms with Gasteiger partial charge in [0.15, 0.2) is 0 Å². The maximum Gasteiger partial charge on any atom is -0.0771 e. The summed E-state index contributed by atoms with van der Waals surface area (Å²) < 4.78 is 1.42. The van der Waals surface area contributed by atoms with Gasteiger partial charge in [0.25, 0.3) is 0 Å². The van der Waals surface area contributed by atoms with Gasteiger partial charge in [-0.1, -0.05) is 85.3 Å². The minimum atomic E-state index is 0. The molecule has 0 amide bonds. The predicted octanol–water partition coefficient (Wildman–Crippen LogP) is 5.06. The molecule has 0 fully saturated rings. The molecule has 0 heterocycles. The second-order valence-corrected chi connectivity index (χ2v) is 11.9. The summed E-state index contributed by atoms with van der Waals surface area (Å²) in [7, 11) is 0. The van der Waals surface area contributed by atoms with Crippen molar-refractivity contribution < 1.29 is 49.0 Å². The van der Waals surface area contributed by atoms with Crippen LogP contribution in [-0.2, 0) is 24.2 Å². The molecule has 8 rings (SSSR count). The molecule has 0 saturated heterocycles. The fraction of sp³-hybridized carbons (Fsp3) is 0.0238. The molecule has 0 aliphatic rings. The Bertz CT molecular complexity index is 2000. The molecule has 0 nitrogen and oxygen atoms in total. The molecule has 0 unspecified atom stereocenters. The monoisotopic (exact) mass is 696 g/mol. The van der Waals surface area contributed by atoms with E-state index in [1.54, 1.807) is 0 Å². The van der Waals surface area contributed by atoms with Gasteiger partial charge in [-0.15, -0.1) is 74.3 Å². The molecular formula is C42H32Cl2Zr-2. The van der Waals surface area contributed by atoms with Crippen molar-refractivity contribution in [2.75, 3.05) is 0 Å². The summed E-state index contributed by atoms with van der Waals surface area (Å²) in [5.41, 5.74) is 6.61. The van der Waals surface area contributed by atoms with Crippen molar-refractivity contribution in [1.82, 2.24) is 0 Å². The predicted molar refractivity (Wildman–Crippen MR) is 183 cm³/mol. The number of fused-ring (bicyclic) bond motifs is 4. The van der Waals surface area contributed by atoms with E-state index in [4.69, 9.17) is 0 Å².